The third-order valence-electron chi connectivity index (χ3n) is 5.18. The van der Waals surface area contributed by atoms with Gasteiger partial charge in [0.05, 0.1) is 11.4 Å². The molecular weight excluding hydrogens is 378 g/mol. The summed E-state index contributed by atoms with van der Waals surface area (Å²) < 4.78 is 0. The Morgan fingerprint density at radius 2 is 1.53 bits per heavy atom. The molecule has 1 saturated heterocycles. The number of nitrogen functional groups attached to an aromatic ring is 1. The Balaban J connectivity index is 1.66. The van der Waals surface area contributed by atoms with E-state index in [0.717, 1.165) is 18.7 Å². The number of allylic oxidation sites excluding steroid dienone is 1. The molecule has 3 rings (SSSR count). The predicted octanol–water partition coefficient (Wildman–Crippen LogP) is 1.05. The number of para-hydroxylation sites is 2. The van der Waals surface area contributed by atoms with Crippen LogP contribution in [0.3, 0.4) is 0 Å². The van der Waals surface area contributed by atoms with Crippen LogP contribution in [0.2, 0.25) is 0 Å². The standard InChI is InChI=1S/C22H29N7O/c23-17-7-3-1-5-15(17)19(25)14-28-9-11-29(12-10-28)20(22(26)27)13-18(24)16-6-2-4-8-21(16)30/h1-8,13,25,30H,9-12,14,23-24,26-27H2/b18-13-,25-19?. The summed E-state index contributed by atoms with van der Waals surface area (Å²) in [5.41, 5.74) is 27.5. The van der Waals surface area contributed by atoms with Gasteiger partial charge in [0.2, 0.25) is 0 Å². The Labute approximate surface area is 176 Å². The molecule has 0 unspecified atom stereocenters. The number of phenols is 1. The van der Waals surface area contributed by atoms with Gasteiger partial charge in [0.25, 0.3) is 0 Å². The molecule has 2 aromatic carbocycles. The number of phenolic OH excluding ortho intramolecular Hbond substituents is 1. The van der Waals surface area contributed by atoms with Crippen LogP contribution in [-0.4, -0.2) is 53.3 Å². The number of anilines is 1. The molecular formula is C22H29N7O. The number of benzene rings is 2. The van der Waals surface area contributed by atoms with Gasteiger partial charge in [0.1, 0.15) is 11.6 Å². The molecule has 158 valence electrons. The van der Waals surface area contributed by atoms with Crippen molar-refractivity contribution in [3.05, 3.63) is 77.3 Å². The minimum atomic E-state index is 0.102. The molecule has 0 atom stereocenters. The number of hydrogen-bond donors (Lipinski definition) is 6. The number of hydrogen-bond acceptors (Lipinski definition) is 8. The molecule has 1 fully saturated rings. The first-order chi connectivity index (χ1) is 14.4. The molecule has 1 aliphatic rings. The summed E-state index contributed by atoms with van der Waals surface area (Å²) in [6, 6.07) is 14.3. The van der Waals surface area contributed by atoms with Crippen molar-refractivity contribution in [2.75, 3.05) is 38.5 Å². The first kappa shape index (κ1) is 21.1. The number of nitrogens with zero attached hydrogens (tertiary/aromatic N) is 2. The smallest absolute Gasteiger partial charge is 0.124 e. The van der Waals surface area contributed by atoms with E-state index in [0.29, 0.717) is 48.0 Å². The van der Waals surface area contributed by atoms with E-state index in [2.05, 4.69) is 9.80 Å². The van der Waals surface area contributed by atoms with Gasteiger partial charge in [-0.2, -0.15) is 0 Å². The number of piperazine rings is 1. The van der Waals surface area contributed by atoms with Crippen LogP contribution in [0, 0.1) is 5.41 Å². The molecule has 8 heteroatoms. The van der Waals surface area contributed by atoms with E-state index in [9.17, 15) is 5.11 Å². The van der Waals surface area contributed by atoms with Gasteiger partial charge >= 0.3 is 0 Å². The Bertz CT molecular complexity index is 971. The minimum Gasteiger partial charge on any atom is -0.507 e. The van der Waals surface area contributed by atoms with E-state index >= 15 is 0 Å². The van der Waals surface area contributed by atoms with Crippen molar-refractivity contribution in [2.45, 2.75) is 0 Å². The van der Waals surface area contributed by atoms with Gasteiger partial charge in [-0.05, 0) is 24.3 Å². The zero-order valence-electron chi connectivity index (χ0n) is 16.9. The molecule has 0 saturated carbocycles. The van der Waals surface area contributed by atoms with Crippen LogP contribution in [0.4, 0.5) is 5.69 Å². The zero-order chi connectivity index (χ0) is 21.7. The van der Waals surface area contributed by atoms with Crippen molar-refractivity contribution in [3.63, 3.8) is 0 Å². The van der Waals surface area contributed by atoms with Crippen LogP contribution in [-0.2, 0) is 0 Å². The highest BCUT2D eigenvalue weighted by Crippen LogP contribution is 2.23. The lowest BCUT2D eigenvalue weighted by Crippen LogP contribution is -2.48. The fourth-order valence-electron chi connectivity index (χ4n) is 3.53. The van der Waals surface area contributed by atoms with E-state index in [-0.39, 0.29) is 11.6 Å². The Hall–Kier alpha value is -3.65. The summed E-state index contributed by atoms with van der Waals surface area (Å²) in [7, 11) is 0. The second kappa shape index (κ2) is 9.23. The van der Waals surface area contributed by atoms with E-state index in [1.165, 1.54) is 0 Å². The lowest BCUT2D eigenvalue weighted by atomic mass is 10.1. The van der Waals surface area contributed by atoms with Crippen LogP contribution in [0.15, 0.2) is 66.1 Å². The average Bonchev–Trinajstić information content (AvgIpc) is 2.73. The third kappa shape index (κ3) is 4.84. The van der Waals surface area contributed by atoms with Crippen molar-refractivity contribution in [1.82, 2.24) is 9.80 Å². The summed E-state index contributed by atoms with van der Waals surface area (Å²) in [6.07, 6.45) is 1.70. The highest BCUT2D eigenvalue weighted by Gasteiger charge is 2.21. The quantitative estimate of drug-likeness (QED) is 0.237. The zero-order valence-corrected chi connectivity index (χ0v) is 16.9. The number of nitrogens with one attached hydrogen (secondary N) is 1. The van der Waals surface area contributed by atoms with Crippen LogP contribution in [0.25, 0.3) is 5.70 Å². The van der Waals surface area contributed by atoms with Gasteiger partial charge < -0.3 is 38.4 Å². The maximum Gasteiger partial charge on any atom is 0.124 e. The molecule has 0 amide bonds. The van der Waals surface area contributed by atoms with E-state index in [4.69, 9.17) is 28.3 Å². The van der Waals surface area contributed by atoms with Crippen LogP contribution in [0.5, 0.6) is 5.75 Å². The largest absolute Gasteiger partial charge is 0.507 e. The molecule has 0 aliphatic carbocycles. The molecule has 10 N–H and O–H groups in total. The molecule has 8 nitrogen and oxygen atoms in total. The predicted molar refractivity (Wildman–Crippen MR) is 121 cm³/mol. The minimum absolute atomic E-state index is 0.102. The highest BCUT2D eigenvalue weighted by molar-refractivity contribution is 6.03. The van der Waals surface area contributed by atoms with Crippen molar-refractivity contribution < 1.29 is 5.11 Å². The van der Waals surface area contributed by atoms with Crippen molar-refractivity contribution >= 4 is 17.1 Å². The van der Waals surface area contributed by atoms with Gasteiger partial charge in [-0.15, -0.1) is 0 Å². The van der Waals surface area contributed by atoms with Crippen molar-refractivity contribution in [3.8, 4) is 5.75 Å². The fraction of sp³-hybridized carbons (Fsp3) is 0.227. The molecule has 0 spiro atoms. The number of nitrogens with two attached hydrogens (primary N) is 4. The SMILES string of the molecule is N=C(CN1CCN(C(/C=C(\N)c2ccccc2O)=C(N)N)CC1)c1ccccc1N. The molecule has 0 bridgehead atoms. The molecule has 1 heterocycles. The van der Waals surface area contributed by atoms with Gasteiger partial charge in [-0.25, -0.2) is 0 Å². The Kier molecular flexibility index (Phi) is 6.48. The van der Waals surface area contributed by atoms with Gasteiger partial charge in [-0.3, -0.25) is 4.90 Å². The monoisotopic (exact) mass is 407 g/mol. The number of aromatic hydroxyl groups is 1. The van der Waals surface area contributed by atoms with Gasteiger partial charge in [-0.1, -0.05) is 30.3 Å². The fourth-order valence-corrected chi connectivity index (χ4v) is 3.53. The van der Waals surface area contributed by atoms with Crippen LogP contribution >= 0.6 is 0 Å². The Morgan fingerprint density at radius 1 is 0.933 bits per heavy atom. The molecule has 0 radical (unpaired) electrons. The maximum atomic E-state index is 10.0. The first-order valence-electron chi connectivity index (χ1n) is 9.77. The van der Waals surface area contributed by atoms with Crippen LogP contribution < -0.4 is 22.9 Å². The van der Waals surface area contributed by atoms with Crippen LogP contribution in [0.1, 0.15) is 11.1 Å². The van der Waals surface area contributed by atoms with Gasteiger partial charge in [0.15, 0.2) is 0 Å². The van der Waals surface area contributed by atoms with Gasteiger partial charge in [0, 0.05) is 55.2 Å². The highest BCUT2D eigenvalue weighted by atomic mass is 16.3. The number of rotatable bonds is 6. The lowest BCUT2D eigenvalue weighted by molar-refractivity contribution is 0.178. The van der Waals surface area contributed by atoms with E-state index < -0.39 is 0 Å². The van der Waals surface area contributed by atoms with Crippen molar-refractivity contribution in [1.29, 1.82) is 5.41 Å². The molecule has 0 aromatic heterocycles. The van der Waals surface area contributed by atoms with E-state index in [1.807, 2.05) is 24.3 Å². The lowest BCUT2D eigenvalue weighted by Gasteiger charge is -2.37. The topological polar surface area (TPSA) is 155 Å². The first-order valence-corrected chi connectivity index (χ1v) is 9.77. The summed E-state index contributed by atoms with van der Waals surface area (Å²) in [4.78, 5) is 4.27. The van der Waals surface area contributed by atoms with Crippen molar-refractivity contribution in [2.24, 2.45) is 17.2 Å². The second-order valence-electron chi connectivity index (χ2n) is 7.29. The Morgan fingerprint density at radius 3 is 2.13 bits per heavy atom. The van der Waals surface area contributed by atoms with E-state index in [1.54, 1.807) is 30.3 Å². The average molecular weight is 408 g/mol. The third-order valence-corrected chi connectivity index (χ3v) is 5.18. The molecule has 30 heavy (non-hydrogen) atoms. The summed E-state index contributed by atoms with van der Waals surface area (Å²) in [5.74, 6) is 0.274. The second-order valence-corrected chi connectivity index (χ2v) is 7.29. The molecule has 2 aromatic rings. The normalized spacial score (nSPS) is 15.1. The summed E-state index contributed by atoms with van der Waals surface area (Å²) in [6.45, 7) is 3.40. The summed E-state index contributed by atoms with van der Waals surface area (Å²) in [5, 5.41) is 18.4. The maximum absolute atomic E-state index is 10.0. The molecule has 1 aliphatic heterocycles. The summed E-state index contributed by atoms with van der Waals surface area (Å²) >= 11 is 0.